The molecule has 1 aliphatic carbocycles. The Bertz CT molecular complexity index is 1250. The number of carboxylic acid groups (broad SMARTS) is 1. The summed E-state index contributed by atoms with van der Waals surface area (Å²) >= 11 is 0. The van der Waals surface area contributed by atoms with Crippen molar-refractivity contribution in [2.45, 2.75) is 51.1 Å². The molecular formula is C31H34N2O5. The van der Waals surface area contributed by atoms with Crippen molar-refractivity contribution in [3.05, 3.63) is 95.6 Å². The van der Waals surface area contributed by atoms with Gasteiger partial charge < -0.3 is 20.1 Å². The number of aliphatic carboxylic acids is 1. The van der Waals surface area contributed by atoms with Gasteiger partial charge in [0.1, 0.15) is 12.1 Å². The van der Waals surface area contributed by atoms with E-state index in [-0.39, 0.29) is 37.9 Å². The molecule has 0 fully saturated rings. The standard InChI is InChI=1S/C31H34N2O5/c1-3-18-31(2,29(36)33(19-17-28(34)35)20-22-11-5-4-6-12-22)32-30(37)38-21-27-25-15-9-7-13-23(25)24-14-8-10-16-26(24)27/h4-16,27H,3,17-21H2,1-2H3,(H,32,37)(H,34,35). The molecule has 0 spiro atoms. The number of hydrogen-bond acceptors (Lipinski definition) is 4. The van der Waals surface area contributed by atoms with Gasteiger partial charge in [0.15, 0.2) is 0 Å². The third-order valence-corrected chi connectivity index (χ3v) is 7.04. The fraction of sp³-hybridized carbons (Fsp3) is 0.323. The van der Waals surface area contributed by atoms with E-state index in [9.17, 15) is 19.5 Å². The Morgan fingerprint density at radius 1 is 0.921 bits per heavy atom. The lowest BCUT2D eigenvalue weighted by molar-refractivity contribution is -0.141. The lowest BCUT2D eigenvalue weighted by Crippen LogP contribution is -2.58. The van der Waals surface area contributed by atoms with Gasteiger partial charge in [0.05, 0.1) is 6.42 Å². The zero-order valence-corrected chi connectivity index (χ0v) is 21.9. The van der Waals surface area contributed by atoms with Gasteiger partial charge in [-0.25, -0.2) is 4.79 Å². The normalized spacial score (nSPS) is 13.6. The van der Waals surface area contributed by atoms with E-state index in [1.165, 1.54) is 4.90 Å². The molecule has 3 aromatic carbocycles. The number of fused-ring (bicyclic) bond motifs is 3. The van der Waals surface area contributed by atoms with Crippen LogP contribution in [-0.4, -0.2) is 46.7 Å². The van der Waals surface area contributed by atoms with Crippen LogP contribution in [0.5, 0.6) is 0 Å². The van der Waals surface area contributed by atoms with Gasteiger partial charge in [-0.2, -0.15) is 0 Å². The molecule has 0 saturated heterocycles. The molecule has 1 unspecified atom stereocenters. The Hall–Kier alpha value is -4.13. The van der Waals surface area contributed by atoms with Crippen molar-refractivity contribution in [2.24, 2.45) is 0 Å². The average Bonchev–Trinajstić information content (AvgIpc) is 3.23. The summed E-state index contributed by atoms with van der Waals surface area (Å²) in [5, 5.41) is 12.1. The number of carboxylic acids is 1. The monoisotopic (exact) mass is 514 g/mol. The van der Waals surface area contributed by atoms with Crippen LogP contribution in [0.4, 0.5) is 4.79 Å². The first-order chi connectivity index (χ1) is 18.3. The number of carbonyl (C=O) groups excluding carboxylic acids is 2. The van der Waals surface area contributed by atoms with Crippen LogP contribution >= 0.6 is 0 Å². The average molecular weight is 515 g/mol. The van der Waals surface area contributed by atoms with Gasteiger partial charge in [-0.1, -0.05) is 92.2 Å². The summed E-state index contributed by atoms with van der Waals surface area (Å²) in [7, 11) is 0. The molecule has 0 aromatic heterocycles. The molecule has 0 heterocycles. The summed E-state index contributed by atoms with van der Waals surface area (Å²) < 4.78 is 5.71. The summed E-state index contributed by atoms with van der Waals surface area (Å²) in [6.45, 7) is 4.04. The van der Waals surface area contributed by atoms with Gasteiger partial charge in [0.2, 0.25) is 5.91 Å². The molecule has 1 aliphatic rings. The predicted octanol–water partition coefficient (Wildman–Crippen LogP) is 5.59. The molecule has 0 saturated carbocycles. The summed E-state index contributed by atoms with van der Waals surface area (Å²) in [5.41, 5.74) is 4.13. The first-order valence-corrected chi connectivity index (χ1v) is 13.0. The molecule has 0 radical (unpaired) electrons. The van der Waals surface area contributed by atoms with Crippen molar-refractivity contribution < 1.29 is 24.2 Å². The lowest BCUT2D eigenvalue weighted by Gasteiger charge is -2.35. The maximum atomic E-state index is 13.8. The zero-order valence-electron chi connectivity index (χ0n) is 21.9. The van der Waals surface area contributed by atoms with Crippen LogP contribution in [0.1, 0.15) is 55.7 Å². The van der Waals surface area contributed by atoms with Crippen LogP contribution in [0.25, 0.3) is 11.1 Å². The highest BCUT2D eigenvalue weighted by molar-refractivity contribution is 5.90. The van der Waals surface area contributed by atoms with Crippen LogP contribution in [0, 0.1) is 0 Å². The number of carbonyl (C=O) groups is 3. The van der Waals surface area contributed by atoms with Crippen LogP contribution < -0.4 is 5.32 Å². The van der Waals surface area contributed by atoms with E-state index in [0.717, 1.165) is 27.8 Å². The Morgan fingerprint density at radius 2 is 1.50 bits per heavy atom. The number of ether oxygens (including phenoxy) is 1. The third-order valence-electron chi connectivity index (χ3n) is 7.04. The van der Waals surface area contributed by atoms with E-state index >= 15 is 0 Å². The third kappa shape index (κ3) is 6.05. The van der Waals surface area contributed by atoms with Crippen molar-refractivity contribution in [1.82, 2.24) is 10.2 Å². The van der Waals surface area contributed by atoms with E-state index in [1.54, 1.807) is 6.92 Å². The molecule has 0 aliphatic heterocycles. The van der Waals surface area contributed by atoms with Gasteiger partial charge in [0.25, 0.3) is 0 Å². The largest absolute Gasteiger partial charge is 0.481 e. The van der Waals surface area contributed by atoms with Crippen molar-refractivity contribution in [2.75, 3.05) is 13.2 Å². The maximum absolute atomic E-state index is 13.8. The fourth-order valence-corrected chi connectivity index (χ4v) is 5.22. The molecule has 7 heteroatoms. The second-order valence-corrected chi connectivity index (χ2v) is 9.89. The Kier molecular flexibility index (Phi) is 8.46. The molecule has 0 bridgehead atoms. The van der Waals surface area contributed by atoms with Crippen LogP contribution in [0.2, 0.25) is 0 Å². The van der Waals surface area contributed by atoms with Gasteiger partial charge in [0, 0.05) is 19.0 Å². The smallest absolute Gasteiger partial charge is 0.408 e. The minimum absolute atomic E-state index is 0.0364. The SMILES string of the molecule is CCCC(C)(NC(=O)OCC1c2ccccc2-c2ccccc21)C(=O)N(CCC(=O)O)Cc1ccccc1. The molecule has 7 nitrogen and oxygen atoms in total. The first kappa shape index (κ1) is 26.9. The van der Waals surface area contributed by atoms with Crippen LogP contribution in [0.15, 0.2) is 78.9 Å². The van der Waals surface area contributed by atoms with Gasteiger partial charge in [-0.15, -0.1) is 0 Å². The topological polar surface area (TPSA) is 95.9 Å². The van der Waals surface area contributed by atoms with Gasteiger partial charge in [-0.05, 0) is 41.2 Å². The number of rotatable bonds is 11. The lowest BCUT2D eigenvalue weighted by atomic mass is 9.93. The van der Waals surface area contributed by atoms with Gasteiger partial charge in [-0.3, -0.25) is 9.59 Å². The first-order valence-electron chi connectivity index (χ1n) is 13.0. The van der Waals surface area contributed by atoms with Crippen molar-refractivity contribution in [3.63, 3.8) is 0 Å². The molecule has 1 atom stereocenters. The number of amides is 2. The second kappa shape index (κ2) is 11.9. The molecular weight excluding hydrogens is 480 g/mol. The summed E-state index contributed by atoms with van der Waals surface area (Å²) in [5.74, 6) is -1.41. The second-order valence-electron chi connectivity index (χ2n) is 9.89. The number of hydrogen-bond donors (Lipinski definition) is 2. The van der Waals surface area contributed by atoms with E-state index in [0.29, 0.717) is 12.8 Å². The predicted molar refractivity (Wildman–Crippen MR) is 146 cm³/mol. The minimum Gasteiger partial charge on any atom is -0.481 e. The fourth-order valence-electron chi connectivity index (χ4n) is 5.22. The quantitative estimate of drug-likeness (QED) is 0.348. The van der Waals surface area contributed by atoms with Crippen LogP contribution in [0.3, 0.4) is 0 Å². The summed E-state index contributed by atoms with van der Waals surface area (Å²) in [6.07, 6.45) is 0.165. The number of benzene rings is 3. The number of nitrogens with one attached hydrogen (secondary N) is 1. The molecule has 2 N–H and O–H groups in total. The van der Waals surface area contributed by atoms with E-state index < -0.39 is 17.6 Å². The van der Waals surface area contributed by atoms with E-state index in [1.807, 2.05) is 61.5 Å². The highest BCUT2D eigenvalue weighted by Gasteiger charge is 2.38. The highest BCUT2D eigenvalue weighted by Crippen LogP contribution is 2.44. The molecule has 2 amide bonds. The van der Waals surface area contributed by atoms with Crippen LogP contribution in [-0.2, 0) is 20.9 Å². The minimum atomic E-state index is -1.25. The highest BCUT2D eigenvalue weighted by atomic mass is 16.5. The molecule has 4 rings (SSSR count). The Labute approximate surface area is 223 Å². The number of nitrogens with zero attached hydrogens (tertiary/aromatic N) is 1. The Morgan fingerprint density at radius 3 is 2.08 bits per heavy atom. The molecule has 38 heavy (non-hydrogen) atoms. The van der Waals surface area contributed by atoms with E-state index in [2.05, 4.69) is 29.6 Å². The molecule has 3 aromatic rings. The summed E-state index contributed by atoms with van der Waals surface area (Å²) in [6, 6.07) is 25.6. The van der Waals surface area contributed by atoms with Crippen molar-refractivity contribution in [3.8, 4) is 11.1 Å². The molecule has 198 valence electrons. The van der Waals surface area contributed by atoms with Crippen molar-refractivity contribution in [1.29, 1.82) is 0 Å². The Balaban J connectivity index is 1.48. The zero-order chi connectivity index (χ0) is 27.1. The number of alkyl carbamates (subject to hydrolysis) is 1. The van der Waals surface area contributed by atoms with Crippen molar-refractivity contribution >= 4 is 18.0 Å². The van der Waals surface area contributed by atoms with E-state index in [4.69, 9.17) is 4.74 Å². The maximum Gasteiger partial charge on any atom is 0.408 e. The van der Waals surface area contributed by atoms with Gasteiger partial charge >= 0.3 is 12.1 Å². The summed E-state index contributed by atoms with van der Waals surface area (Å²) in [4.78, 5) is 39.6.